The van der Waals surface area contributed by atoms with Crippen LogP contribution in [0.5, 0.6) is 0 Å². The van der Waals surface area contributed by atoms with Gasteiger partial charge in [0.1, 0.15) is 0 Å². The highest BCUT2D eigenvalue weighted by Gasteiger charge is 2.37. The Morgan fingerprint density at radius 1 is 1.17 bits per heavy atom. The van der Waals surface area contributed by atoms with E-state index in [1.165, 1.54) is 23.1 Å². The van der Waals surface area contributed by atoms with Gasteiger partial charge >= 0.3 is 6.18 Å². The molecule has 1 saturated heterocycles. The maximum absolute atomic E-state index is 13.1. The van der Waals surface area contributed by atoms with Crippen LogP contribution >= 0.6 is 0 Å². The molecule has 2 heterocycles. The monoisotopic (exact) mass is 334 g/mol. The minimum absolute atomic E-state index is 0.224. The van der Waals surface area contributed by atoms with Gasteiger partial charge in [-0.3, -0.25) is 9.78 Å². The molecule has 0 radical (unpaired) electrons. The lowest BCUT2D eigenvalue weighted by Gasteiger charge is -2.19. The predicted molar refractivity (Wildman–Crippen MR) is 83.4 cm³/mol. The van der Waals surface area contributed by atoms with Crippen LogP contribution in [0.1, 0.15) is 28.0 Å². The molecule has 0 spiro atoms. The molecule has 0 bridgehead atoms. The van der Waals surface area contributed by atoms with E-state index in [2.05, 4.69) is 4.98 Å². The van der Waals surface area contributed by atoms with E-state index < -0.39 is 17.6 Å². The van der Waals surface area contributed by atoms with Crippen molar-refractivity contribution in [1.82, 2.24) is 9.88 Å². The molecule has 0 saturated carbocycles. The fourth-order valence-corrected chi connectivity index (χ4v) is 3.09. The number of carbonyl (C=O) groups is 1. The molecule has 24 heavy (non-hydrogen) atoms. The van der Waals surface area contributed by atoms with Crippen molar-refractivity contribution in [3.63, 3.8) is 0 Å². The fourth-order valence-electron chi connectivity index (χ4n) is 3.09. The smallest absolute Gasteiger partial charge is 0.338 e. The fraction of sp³-hybridized carbons (Fsp3) is 0.333. The molecule has 2 aromatic rings. The third-order valence-corrected chi connectivity index (χ3v) is 4.26. The number of alkyl halides is 3. The second-order valence-corrected chi connectivity index (χ2v) is 5.97. The second kappa shape index (κ2) is 6.63. The van der Waals surface area contributed by atoms with Crippen LogP contribution in [-0.4, -0.2) is 28.9 Å². The van der Waals surface area contributed by atoms with Crippen molar-refractivity contribution in [1.29, 1.82) is 0 Å². The van der Waals surface area contributed by atoms with Crippen LogP contribution < -0.4 is 0 Å². The maximum Gasteiger partial charge on any atom is 0.417 e. The van der Waals surface area contributed by atoms with Gasteiger partial charge in [0, 0.05) is 25.0 Å². The van der Waals surface area contributed by atoms with Crippen LogP contribution in [-0.2, 0) is 12.6 Å². The Hall–Kier alpha value is -2.37. The molecule has 1 amide bonds. The van der Waals surface area contributed by atoms with E-state index in [9.17, 15) is 18.0 Å². The van der Waals surface area contributed by atoms with Crippen molar-refractivity contribution in [2.45, 2.75) is 19.0 Å². The lowest BCUT2D eigenvalue weighted by molar-refractivity contribution is -0.138. The largest absolute Gasteiger partial charge is 0.417 e. The first-order valence-electron chi connectivity index (χ1n) is 7.80. The molecule has 3 rings (SSSR count). The van der Waals surface area contributed by atoms with Gasteiger partial charge < -0.3 is 4.90 Å². The van der Waals surface area contributed by atoms with E-state index in [0.29, 0.717) is 13.1 Å². The Balaban J connectivity index is 1.71. The van der Waals surface area contributed by atoms with Crippen LogP contribution in [0, 0.1) is 5.92 Å². The van der Waals surface area contributed by atoms with E-state index in [-0.39, 0.29) is 11.5 Å². The van der Waals surface area contributed by atoms with Crippen LogP contribution in [0.4, 0.5) is 13.2 Å². The third kappa shape index (κ3) is 3.58. The number of likely N-dealkylation sites (tertiary alicyclic amines) is 1. The average Bonchev–Trinajstić information content (AvgIpc) is 3.03. The summed E-state index contributed by atoms with van der Waals surface area (Å²) in [6.45, 7) is 0.935. The van der Waals surface area contributed by atoms with Crippen molar-refractivity contribution in [2.24, 2.45) is 5.92 Å². The zero-order valence-corrected chi connectivity index (χ0v) is 13.0. The highest BCUT2D eigenvalue weighted by atomic mass is 19.4. The van der Waals surface area contributed by atoms with Crippen molar-refractivity contribution in [3.05, 3.63) is 65.5 Å². The summed E-state index contributed by atoms with van der Waals surface area (Å²) in [6.07, 6.45) is -1.31. The van der Waals surface area contributed by atoms with Gasteiger partial charge in [-0.25, -0.2) is 0 Å². The first-order valence-corrected chi connectivity index (χ1v) is 7.80. The number of carbonyl (C=O) groups excluding carboxylic acids is 1. The Labute approximate surface area is 138 Å². The number of halogens is 3. The third-order valence-electron chi connectivity index (χ3n) is 4.26. The standard InChI is InChI=1S/C18H17F3N2O/c19-18(20,21)16-7-2-1-6-15(16)17(24)23-10-8-13(12-23)11-14-5-3-4-9-22-14/h1-7,9,13H,8,10-12H2. The highest BCUT2D eigenvalue weighted by molar-refractivity contribution is 5.96. The van der Waals surface area contributed by atoms with Gasteiger partial charge in [0.2, 0.25) is 0 Å². The summed E-state index contributed by atoms with van der Waals surface area (Å²) in [5.41, 5.74) is -0.209. The number of nitrogens with zero attached hydrogens (tertiary/aromatic N) is 2. The zero-order chi connectivity index (χ0) is 17.2. The molecule has 1 aromatic heterocycles. The summed E-state index contributed by atoms with van der Waals surface area (Å²) in [7, 11) is 0. The van der Waals surface area contributed by atoms with Gasteiger partial charge in [-0.1, -0.05) is 18.2 Å². The molecule has 1 aliphatic rings. The number of amides is 1. The van der Waals surface area contributed by atoms with Crippen molar-refractivity contribution in [3.8, 4) is 0 Å². The minimum Gasteiger partial charge on any atom is -0.338 e. The second-order valence-electron chi connectivity index (χ2n) is 5.97. The molecule has 1 fully saturated rings. The summed E-state index contributed by atoms with van der Waals surface area (Å²) in [5.74, 6) is -0.326. The zero-order valence-electron chi connectivity index (χ0n) is 13.0. The minimum atomic E-state index is -4.53. The van der Waals surface area contributed by atoms with E-state index in [0.717, 1.165) is 24.6 Å². The summed E-state index contributed by atoms with van der Waals surface area (Å²) in [4.78, 5) is 18.3. The number of rotatable bonds is 3. The molecular weight excluding hydrogens is 317 g/mol. The number of hydrogen-bond acceptors (Lipinski definition) is 2. The lowest BCUT2D eigenvalue weighted by atomic mass is 10.0. The van der Waals surface area contributed by atoms with Gasteiger partial charge in [-0.05, 0) is 43.0 Å². The van der Waals surface area contributed by atoms with E-state index in [4.69, 9.17) is 0 Å². The van der Waals surface area contributed by atoms with Crippen LogP contribution in [0.3, 0.4) is 0 Å². The molecule has 6 heteroatoms. The van der Waals surface area contributed by atoms with Gasteiger partial charge in [0.05, 0.1) is 11.1 Å². The Kier molecular flexibility index (Phi) is 4.55. The topological polar surface area (TPSA) is 33.2 Å². The van der Waals surface area contributed by atoms with E-state index in [1.54, 1.807) is 6.20 Å². The number of hydrogen-bond donors (Lipinski definition) is 0. The van der Waals surface area contributed by atoms with Gasteiger partial charge in [-0.15, -0.1) is 0 Å². The first kappa shape index (κ1) is 16.5. The SMILES string of the molecule is O=C(c1ccccc1C(F)(F)F)N1CCC(Cc2ccccn2)C1. The molecular formula is C18H17F3N2O. The molecule has 1 unspecified atom stereocenters. The molecule has 0 aliphatic carbocycles. The normalized spacial score (nSPS) is 18.0. The van der Waals surface area contributed by atoms with E-state index in [1.807, 2.05) is 18.2 Å². The summed E-state index contributed by atoms with van der Waals surface area (Å²) >= 11 is 0. The van der Waals surface area contributed by atoms with Crippen LogP contribution in [0.2, 0.25) is 0 Å². The Bertz CT molecular complexity index is 716. The summed E-state index contributed by atoms with van der Waals surface area (Å²) in [6, 6.07) is 10.6. The average molecular weight is 334 g/mol. The summed E-state index contributed by atoms with van der Waals surface area (Å²) < 4.78 is 39.2. The van der Waals surface area contributed by atoms with Crippen LogP contribution in [0.25, 0.3) is 0 Å². The van der Waals surface area contributed by atoms with E-state index >= 15 is 0 Å². The number of benzene rings is 1. The lowest BCUT2D eigenvalue weighted by Crippen LogP contribution is -2.30. The van der Waals surface area contributed by atoms with Crippen molar-refractivity contribution < 1.29 is 18.0 Å². The predicted octanol–water partition coefficient (Wildman–Crippen LogP) is 3.81. The Morgan fingerprint density at radius 3 is 2.62 bits per heavy atom. The molecule has 1 aromatic carbocycles. The quantitative estimate of drug-likeness (QED) is 0.855. The molecule has 1 aliphatic heterocycles. The molecule has 3 nitrogen and oxygen atoms in total. The highest BCUT2D eigenvalue weighted by Crippen LogP contribution is 2.33. The number of aromatic nitrogens is 1. The number of pyridine rings is 1. The summed E-state index contributed by atoms with van der Waals surface area (Å²) in [5, 5.41) is 0. The van der Waals surface area contributed by atoms with Crippen LogP contribution in [0.15, 0.2) is 48.7 Å². The maximum atomic E-state index is 13.1. The molecule has 0 N–H and O–H groups in total. The van der Waals surface area contributed by atoms with Crippen molar-refractivity contribution in [2.75, 3.05) is 13.1 Å². The molecule has 1 atom stereocenters. The van der Waals surface area contributed by atoms with Crippen molar-refractivity contribution >= 4 is 5.91 Å². The Morgan fingerprint density at radius 2 is 1.92 bits per heavy atom. The molecule has 126 valence electrons. The van der Waals surface area contributed by atoms with Gasteiger partial charge in [0.15, 0.2) is 0 Å². The first-order chi connectivity index (χ1) is 11.4. The van der Waals surface area contributed by atoms with Gasteiger partial charge in [-0.2, -0.15) is 13.2 Å². The van der Waals surface area contributed by atoms with Gasteiger partial charge in [0.25, 0.3) is 5.91 Å².